The zero-order valence-electron chi connectivity index (χ0n) is 27.7. The zero-order chi connectivity index (χ0) is 31.9. The molecule has 0 amide bonds. The summed E-state index contributed by atoms with van der Waals surface area (Å²) in [5, 5.41) is 64.1. The largest absolute Gasteiger partial charge is 0.396 e. The van der Waals surface area contributed by atoms with Gasteiger partial charge in [-0.05, 0) is 105 Å². The highest BCUT2D eigenvalue weighted by atomic mass is 16.8. The number of fused-ring (bicyclic) bond motifs is 3. The monoisotopic (exact) mass is 622 g/mol. The van der Waals surface area contributed by atoms with Gasteiger partial charge in [-0.3, -0.25) is 0 Å². The first-order valence-electron chi connectivity index (χ1n) is 17.5. The van der Waals surface area contributed by atoms with Crippen molar-refractivity contribution < 1.29 is 44.8 Å². The fraction of sp³-hybridized carbons (Fsp3) is 1.00. The van der Waals surface area contributed by atoms with E-state index in [0.29, 0.717) is 11.8 Å². The molecule has 0 aromatic heterocycles. The number of rotatable bonds is 8. The molecule has 6 N–H and O–H groups in total. The number of hydrogen-bond acceptors (Lipinski definition) is 9. The van der Waals surface area contributed by atoms with E-state index in [9.17, 15) is 30.6 Å². The lowest BCUT2D eigenvalue weighted by Gasteiger charge is -2.63. The Morgan fingerprint density at radius 2 is 1.64 bits per heavy atom. The summed E-state index contributed by atoms with van der Waals surface area (Å²) >= 11 is 0. The van der Waals surface area contributed by atoms with Crippen molar-refractivity contribution in [3.63, 3.8) is 0 Å². The molecule has 44 heavy (non-hydrogen) atoms. The molecule has 15 atom stereocenters. The summed E-state index contributed by atoms with van der Waals surface area (Å²) in [5.41, 5.74) is -1.21. The predicted molar refractivity (Wildman–Crippen MR) is 161 cm³/mol. The van der Waals surface area contributed by atoms with Gasteiger partial charge in [-0.1, -0.05) is 40.5 Å². The molecule has 9 nitrogen and oxygen atoms in total. The van der Waals surface area contributed by atoms with Gasteiger partial charge in [-0.2, -0.15) is 0 Å². The highest BCUT2D eigenvalue weighted by molar-refractivity contribution is 5.35. The molecule has 5 aliphatic carbocycles. The first-order valence-corrected chi connectivity index (χ1v) is 17.5. The van der Waals surface area contributed by atoms with Crippen molar-refractivity contribution in [2.24, 2.45) is 50.7 Å². The molecule has 0 aromatic rings. The molecular weight excluding hydrogens is 564 g/mol. The fourth-order valence-corrected chi connectivity index (χ4v) is 13.3. The second kappa shape index (κ2) is 9.85. The Kier molecular flexibility index (Phi) is 7.21. The van der Waals surface area contributed by atoms with Gasteiger partial charge in [-0.25, -0.2) is 0 Å². The van der Waals surface area contributed by atoms with Crippen molar-refractivity contribution in [2.75, 3.05) is 13.2 Å². The number of epoxide rings is 1. The molecule has 7 aliphatic rings. The Labute approximate surface area is 262 Å². The molecule has 7 fully saturated rings. The van der Waals surface area contributed by atoms with Crippen LogP contribution < -0.4 is 0 Å². The lowest BCUT2D eigenvalue weighted by atomic mass is 9.41. The van der Waals surface area contributed by atoms with Gasteiger partial charge in [0.15, 0.2) is 6.29 Å². The van der Waals surface area contributed by atoms with Crippen LogP contribution in [0.1, 0.15) is 106 Å². The van der Waals surface area contributed by atoms with E-state index in [4.69, 9.17) is 14.2 Å². The van der Waals surface area contributed by atoms with Crippen LogP contribution in [0.2, 0.25) is 0 Å². The van der Waals surface area contributed by atoms with Crippen LogP contribution in [0.3, 0.4) is 0 Å². The number of aliphatic hydroxyl groups excluding tert-OH is 5. The van der Waals surface area contributed by atoms with E-state index in [1.807, 2.05) is 13.8 Å². The normalized spacial score (nSPS) is 56.0. The third-order valence-electron chi connectivity index (χ3n) is 15.3. The minimum Gasteiger partial charge on any atom is -0.396 e. The molecule has 7 rings (SSSR count). The maximum atomic E-state index is 11.7. The van der Waals surface area contributed by atoms with Gasteiger partial charge in [0.2, 0.25) is 5.79 Å². The van der Waals surface area contributed by atoms with E-state index in [-0.39, 0.29) is 58.2 Å². The van der Waals surface area contributed by atoms with Crippen molar-refractivity contribution in [2.45, 2.75) is 154 Å². The summed E-state index contributed by atoms with van der Waals surface area (Å²) in [5.74, 6) is 0.208. The molecule has 5 saturated carbocycles. The van der Waals surface area contributed by atoms with Crippen LogP contribution in [0.5, 0.6) is 0 Å². The van der Waals surface area contributed by atoms with Crippen molar-refractivity contribution in [1.82, 2.24) is 0 Å². The molecule has 2 heterocycles. The van der Waals surface area contributed by atoms with E-state index >= 15 is 0 Å². The van der Waals surface area contributed by atoms with Crippen LogP contribution in [-0.2, 0) is 14.2 Å². The summed E-state index contributed by atoms with van der Waals surface area (Å²) in [6.07, 6.45) is 4.00. The summed E-state index contributed by atoms with van der Waals surface area (Å²) in [6.45, 7) is 12.8. The van der Waals surface area contributed by atoms with Crippen molar-refractivity contribution in [3.05, 3.63) is 0 Å². The molecular formula is C35H58O9. The van der Waals surface area contributed by atoms with E-state index < -0.39 is 42.1 Å². The van der Waals surface area contributed by atoms with Crippen molar-refractivity contribution in [3.8, 4) is 0 Å². The maximum absolute atomic E-state index is 11.7. The van der Waals surface area contributed by atoms with E-state index in [1.165, 1.54) is 0 Å². The second-order valence-corrected chi connectivity index (χ2v) is 18.0. The number of hydrogen-bond donors (Lipinski definition) is 6. The smallest absolute Gasteiger partial charge is 0.203 e. The number of aliphatic hydroxyl groups is 6. The van der Waals surface area contributed by atoms with Crippen LogP contribution >= 0.6 is 0 Å². The zero-order valence-corrected chi connectivity index (χ0v) is 27.7. The first-order chi connectivity index (χ1) is 20.5. The van der Waals surface area contributed by atoms with Gasteiger partial charge in [0.1, 0.15) is 24.4 Å². The van der Waals surface area contributed by atoms with E-state index in [2.05, 4.69) is 27.7 Å². The Bertz CT molecular complexity index is 1140. The van der Waals surface area contributed by atoms with Crippen LogP contribution in [0, 0.1) is 50.7 Å². The van der Waals surface area contributed by atoms with Gasteiger partial charge in [-0.15, -0.1) is 0 Å². The summed E-state index contributed by atoms with van der Waals surface area (Å²) in [7, 11) is 0. The molecule has 9 heteroatoms. The average Bonchev–Trinajstić information content (AvgIpc) is 3.79. The van der Waals surface area contributed by atoms with Crippen LogP contribution in [-0.4, -0.2) is 92.1 Å². The molecule has 3 unspecified atom stereocenters. The third-order valence-corrected chi connectivity index (χ3v) is 15.3. The predicted octanol–water partition coefficient (Wildman–Crippen LogP) is 3.11. The molecule has 2 saturated heterocycles. The van der Waals surface area contributed by atoms with Gasteiger partial charge in [0, 0.05) is 17.4 Å². The van der Waals surface area contributed by atoms with Crippen molar-refractivity contribution in [1.29, 1.82) is 0 Å². The molecule has 2 aliphatic heterocycles. The summed E-state index contributed by atoms with van der Waals surface area (Å²) < 4.78 is 18.6. The standard InChI is InChI=1S/C35H58O9/c1-19(8-7-11-29(2,3)41)25-20(37)14-31(6)23-10-9-22-30(4,5)35(44-28-27(40)26(39)21(38)16-42-28)24(43-35)15-34(22)17-32(23,34)12-13-33(25,31)18-36/h19-28,36-41H,7-18H2,1-6H3/t19-,20-,21+,22?,23-,24?,25-,26-,27+,28-,31-,32?,33-,34+,35-/m0/s1. The highest BCUT2D eigenvalue weighted by Gasteiger charge is 2.89. The molecule has 0 radical (unpaired) electrons. The van der Waals surface area contributed by atoms with Crippen LogP contribution in [0.4, 0.5) is 0 Å². The number of ether oxygens (including phenoxy) is 3. The Hall–Kier alpha value is -0.360. The Morgan fingerprint density at radius 1 is 0.932 bits per heavy atom. The van der Waals surface area contributed by atoms with Gasteiger partial charge in [0.05, 0.1) is 18.3 Å². The minimum atomic E-state index is -1.35. The lowest BCUT2D eigenvalue weighted by Crippen LogP contribution is -2.62. The van der Waals surface area contributed by atoms with E-state index in [0.717, 1.165) is 64.2 Å². The van der Waals surface area contributed by atoms with Crippen molar-refractivity contribution >= 4 is 0 Å². The topological polar surface area (TPSA) is 152 Å². The lowest BCUT2D eigenvalue weighted by molar-refractivity contribution is -0.323. The SMILES string of the molecule is C[C@@H](CCCC(C)(C)O)[C@H]1[C@@H](O)C[C@@]2(C)[C@@H]3CCC4C(C)(C)[C@]5(O[C@@H]6OC[C@@H](O)[C@H](O)[C@H]6O)OC5C[C@@]45CC35CC[C@]12CO. The minimum absolute atomic E-state index is 0.0514. The van der Waals surface area contributed by atoms with Gasteiger partial charge >= 0.3 is 0 Å². The molecule has 0 aromatic carbocycles. The first kappa shape index (κ1) is 32.2. The summed E-state index contributed by atoms with van der Waals surface area (Å²) in [4.78, 5) is 0. The van der Waals surface area contributed by atoms with E-state index in [1.54, 1.807) is 0 Å². The molecule has 2 spiro atoms. The Balaban J connectivity index is 1.13. The van der Waals surface area contributed by atoms with Crippen LogP contribution in [0.25, 0.3) is 0 Å². The molecule has 0 bridgehead atoms. The van der Waals surface area contributed by atoms with Gasteiger partial charge in [0.25, 0.3) is 0 Å². The summed E-state index contributed by atoms with van der Waals surface area (Å²) in [6, 6.07) is 0. The third kappa shape index (κ3) is 3.97. The van der Waals surface area contributed by atoms with Gasteiger partial charge < -0.3 is 44.8 Å². The second-order valence-electron chi connectivity index (χ2n) is 18.0. The highest BCUT2D eigenvalue weighted by Crippen LogP contribution is 2.91. The fourth-order valence-electron chi connectivity index (χ4n) is 13.3. The average molecular weight is 623 g/mol. The van der Waals surface area contributed by atoms with Crippen LogP contribution in [0.15, 0.2) is 0 Å². The molecule has 252 valence electrons. The maximum Gasteiger partial charge on any atom is 0.203 e. The quantitative estimate of drug-likeness (QED) is 0.177. The Morgan fingerprint density at radius 3 is 2.32 bits per heavy atom.